The lowest BCUT2D eigenvalue weighted by Crippen LogP contribution is -2.21. The van der Waals surface area contributed by atoms with Crippen LogP contribution in [0.5, 0.6) is 0 Å². The van der Waals surface area contributed by atoms with E-state index in [1.165, 1.54) is 0 Å². The van der Waals surface area contributed by atoms with Crippen molar-refractivity contribution in [3.8, 4) is 0 Å². The van der Waals surface area contributed by atoms with Crippen molar-refractivity contribution >= 4 is 11.8 Å². The molecule has 1 fully saturated rings. The standard InChI is InChI=1S/C8H14F3NS/c1-12-6-7(2-3-7)4-5-13-8(9,10)11/h12H,2-6H2,1H3. The molecule has 0 spiro atoms. The van der Waals surface area contributed by atoms with Gasteiger partial charge in [0, 0.05) is 12.3 Å². The van der Waals surface area contributed by atoms with Gasteiger partial charge < -0.3 is 5.32 Å². The molecular weight excluding hydrogens is 199 g/mol. The highest BCUT2D eigenvalue weighted by Gasteiger charge is 2.42. The van der Waals surface area contributed by atoms with Crippen molar-refractivity contribution in [2.24, 2.45) is 5.41 Å². The Morgan fingerprint density at radius 2 is 2.00 bits per heavy atom. The fourth-order valence-corrected chi connectivity index (χ4v) is 2.22. The topological polar surface area (TPSA) is 12.0 Å². The van der Waals surface area contributed by atoms with Gasteiger partial charge in [0.25, 0.3) is 0 Å². The summed E-state index contributed by atoms with van der Waals surface area (Å²) in [7, 11) is 1.84. The summed E-state index contributed by atoms with van der Waals surface area (Å²) in [5.74, 6) is 0.200. The molecule has 0 aliphatic heterocycles. The summed E-state index contributed by atoms with van der Waals surface area (Å²) in [6.45, 7) is 0.853. The van der Waals surface area contributed by atoms with E-state index in [0.717, 1.165) is 19.4 Å². The molecule has 1 rings (SSSR count). The predicted octanol–water partition coefficient (Wildman–Crippen LogP) is 2.63. The SMILES string of the molecule is CNCC1(CCSC(F)(F)F)CC1. The minimum Gasteiger partial charge on any atom is -0.319 e. The Bertz CT molecular complexity index is 165. The predicted molar refractivity (Wildman–Crippen MR) is 48.7 cm³/mol. The summed E-state index contributed by atoms with van der Waals surface area (Å²) >= 11 is 0.0985. The van der Waals surface area contributed by atoms with Crippen LogP contribution < -0.4 is 5.32 Å². The van der Waals surface area contributed by atoms with Gasteiger partial charge in [-0.1, -0.05) is 11.8 Å². The van der Waals surface area contributed by atoms with E-state index in [4.69, 9.17) is 0 Å². The molecule has 0 bridgehead atoms. The maximum atomic E-state index is 11.8. The Labute approximate surface area is 80.5 Å². The fraction of sp³-hybridized carbons (Fsp3) is 1.00. The van der Waals surface area contributed by atoms with Gasteiger partial charge in [-0.25, -0.2) is 0 Å². The van der Waals surface area contributed by atoms with Crippen molar-refractivity contribution in [2.45, 2.75) is 24.8 Å². The van der Waals surface area contributed by atoms with E-state index < -0.39 is 5.51 Å². The molecule has 0 unspecified atom stereocenters. The third-order valence-corrected chi connectivity index (χ3v) is 3.14. The molecule has 1 nitrogen and oxygen atoms in total. The quantitative estimate of drug-likeness (QED) is 0.753. The molecular formula is C8H14F3NS. The van der Waals surface area contributed by atoms with Crippen molar-refractivity contribution in [1.29, 1.82) is 0 Å². The molecule has 0 amide bonds. The van der Waals surface area contributed by atoms with E-state index in [2.05, 4.69) is 5.32 Å². The number of alkyl halides is 3. The zero-order valence-electron chi connectivity index (χ0n) is 7.58. The van der Waals surface area contributed by atoms with Gasteiger partial charge in [0.1, 0.15) is 0 Å². The van der Waals surface area contributed by atoms with Gasteiger partial charge in [0.05, 0.1) is 0 Å². The monoisotopic (exact) mass is 213 g/mol. The highest BCUT2D eigenvalue weighted by Crippen LogP contribution is 2.49. The first-order valence-electron chi connectivity index (χ1n) is 4.33. The Morgan fingerprint density at radius 1 is 1.38 bits per heavy atom. The smallest absolute Gasteiger partial charge is 0.319 e. The van der Waals surface area contributed by atoms with E-state index in [1.54, 1.807) is 0 Å². The largest absolute Gasteiger partial charge is 0.441 e. The molecule has 0 aromatic carbocycles. The Morgan fingerprint density at radius 3 is 2.38 bits per heavy atom. The third kappa shape index (κ3) is 4.22. The lowest BCUT2D eigenvalue weighted by molar-refractivity contribution is -0.0328. The van der Waals surface area contributed by atoms with E-state index in [9.17, 15) is 13.2 Å². The summed E-state index contributed by atoms with van der Waals surface area (Å²) in [6.07, 6.45) is 2.83. The van der Waals surface area contributed by atoms with Crippen LogP contribution in [0.3, 0.4) is 0 Å². The van der Waals surface area contributed by atoms with Crippen molar-refractivity contribution in [1.82, 2.24) is 5.32 Å². The molecule has 0 aromatic rings. The second-order valence-electron chi connectivity index (χ2n) is 3.57. The van der Waals surface area contributed by atoms with Gasteiger partial charge in [0.15, 0.2) is 0 Å². The third-order valence-electron chi connectivity index (χ3n) is 2.41. The van der Waals surface area contributed by atoms with Gasteiger partial charge in [-0.2, -0.15) is 13.2 Å². The lowest BCUT2D eigenvalue weighted by atomic mass is 10.0. The van der Waals surface area contributed by atoms with Crippen molar-refractivity contribution in [2.75, 3.05) is 19.3 Å². The molecule has 5 heteroatoms. The first kappa shape index (κ1) is 11.2. The first-order chi connectivity index (χ1) is 5.97. The number of halogens is 3. The van der Waals surface area contributed by atoms with E-state index in [-0.39, 0.29) is 22.9 Å². The molecule has 1 saturated carbocycles. The minimum absolute atomic E-state index is 0.0985. The maximum Gasteiger partial charge on any atom is 0.441 e. The second-order valence-corrected chi connectivity index (χ2v) is 4.73. The van der Waals surface area contributed by atoms with Crippen LogP contribution in [0.25, 0.3) is 0 Å². The van der Waals surface area contributed by atoms with Crippen molar-refractivity contribution in [3.63, 3.8) is 0 Å². The summed E-state index contributed by atoms with van der Waals surface area (Å²) in [5.41, 5.74) is -3.87. The number of thioether (sulfide) groups is 1. The van der Waals surface area contributed by atoms with Gasteiger partial charge in [-0.3, -0.25) is 0 Å². The van der Waals surface area contributed by atoms with Gasteiger partial charge in [-0.15, -0.1) is 0 Å². The van der Waals surface area contributed by atoms with Gasteiger partial charge in [0.2, 0.25) is 0 Å². The zero-order chi connectivity index (χ0) is 9.95. The average Bonchev–Trinajstić information content (AvgIpc) is 2.67. The summed E-state index contributed by atoms with van der Waals surface area (Å²) in [5, 5.41) is 3.03. The van der Waals surface area contributed by atoms with E-state index in [0.29, 0.717) is 6.42 Å². The van der Waals surface area contributed by atoms with Crippen LogP contribution in [0.4, 0.5) is 13.2 Å². The Hall–Kier alpha value is 0.100. The highest BCUT2D eigenvalue weighted by atomic mass is 32.2. The van der Waals surface area contributed by atoms with Crippen LogP contribution in [0.15, 0.2) is 0 Å². The van der Waals surface area contributed by atoms with E-state index >= 15 is 0 Å². The summed E-state index contributed by atoms with van der Waals surface area (Å²) in [6, 6.07) is 0. The second kappa shape index (κ2) is 4.09. The zero-order valence-corrected chi connectivity index (χ0v) is 8.39. The minimum atomic E-state index is -4.06. The molecule has 13 heavy (non-hydrogen) atoms. The molecule has 1 aliphatic rings. The normalized spacial score (nSPS) is 20.3. The van der Waals surface area contributed by atoms with E-state index in [1.807, 2.05) is 7.05 Å². The molecule has 0 saturated heterocycles. The number of nitrogens with one attached hydrogen (secondary N) is 1. The van der Waals surface area contributed by atoms with Gasteiger partial charge in [-0.05, 0) is 31.7 Å². The maximum absolute atomic E-state index is 11.8. The number of hydrogen-bond acceptors (Lipinski definition) is 2. The van der Waals surface area contributed by atoms with Crippen LogP contribution >= 0.6 is 11.8 Å². The van der Waals surface area contributed by atoms with Crippen LogP contribution in [0.1, 0.15) is 19.3 Å². The van der Waals surface area contributed by atoms with Crippen molar-refractivity contribution < 1.29 is 13.2 Å². The Balaban J connectivity index is 2.12. The molecule has 0 radical (unpaired) electrons. The summed E-state index contributed by atoms with van der Waals surface area (Å²) in [4.78, 5) is 0. The molecule has 1 N–H and O–H groups in total. The first-order valence-corrected chi connectivity index (χ1v) is 5.31. The van der Waals surface area contributed by atoms with Crippen molar-refractivity contribution in [3.05, 3.63) is 0 Å². The number of rotatable bonds is 5. The Kier molecular flexibility index (Phi) is 3.51. The molecule has 1 aliphatic carbocycles. The number of hydrogen-bond donors (Lipinski definition) is 1. The molecule has 0 aromatic heterocycles. The molecule has 0 atom stereocenters. The average molecular weight is 213 g/mol. The lowest BCUT2D eigenvalue weighted by Gasteiger charge is -2.14. The van der Waals surface area contributed by atoms with Crippen LogP contribution in [-0.2, 0) is 0 Å². The van der Waals surface area contributed by atoms with Crippen LogP contribution in [-0.4, -0.2) is 24.9 Å². The van der Waals surface area contributed by atoms with Gasteiger partial charge >= 0.3 is 5.51 Å². The van der Waals surface area contributed by atoms with Crippen LogP contribution in [0, 0.1) is 5.41 Å². The fourth-order valence-electron chi connectivity index (χ4n) is 1.45. The molecule has 78 valence electrons. The van der Waals surface area contributed by atoms with Crippen LogP contribution in [0.2, 0.25) is 0 Å². The summed E-state index contributed by atoms with van der Waals surface area (Å²) < 4.78 is 35.4. The highest BCUT2D eigenvalue weighted by molar-refractivity contribution is 8.00. The molecule has 0 heterocycles.